The smallest absolute Gasteiger partial charge is 0.282 e. The third-order valence-corrected chi connectivity index (χ3v) is 6.54. The number of nitrogens with one attached hydrogen (secondary N) is 1. The number of rotatable bonds is 5. The molecule has 1 aromatic carbocycles. The predicted molar refractivity (Wildman–Crippen MR) is 95.9 cm³/mol. The molecular formula is C20H28N3O2+. The molecule has 4 bridgehead atoms. The van der Waals surface area contributed by atoms with Crippen LogP contribution in [0.15, 0.2) is 24.3 Å². The Kier molecular flexibility index (Phi) is 4.07. The summed E-state index contributed by atoms with van der Waals surface area (Å²) in [6.07, 6.45) is 8.09. The summed E-state index contributed by atoms with van der Waals surface area (Å²) in [5.41, 5.74) is 6.70. The minimum Gasteiger partial charge on any atom is -0.366 e. The van der Waals surface area contributed by atoms with E-state index in [0.29, 0.717) is 16.8 Å². The van der Waals surface area contributed by atoms with E-state index in [0.717, 1.165) is 17.8 Å². The average molecular weight is 342 g/mol. The lowest BCUT2D eigenvalue weighted by Gasteiger charge is -2.55. The van der Waals surface area contributed by atoms with E-state index in [2.05, 4.69) is 10.6 Å². The number of hydrogen-bond acceptors (Lipinski definition) is 2. The molecule has 4 aliphatic carbocycles. The lowest BCUT2D eigenvalue weighted by molar-refractivity contribution is -0.754. The van der Waals surface area contributed by atoms with Gasteiger partial charge in [-0.25, -0.2) is 0 Å². The molecule has 134 valence electrons. The maximum absolute atomic E-state index is 12.6. The van der Waals surface area contributed by atoms with Gasteiger partial charge in [0.2, 0.25) is 5.91 Å². The van der Waals surface area contributed by atoms with Gasteiger partial charge in [-0.2, -0.15) is 0 Å². The first-order valence-corrected chi connectivity index (χ1v) is 9.49. The second kappa shape index (κ2) is 6.13. The van der Waals surface area contributed by atoms with E-state index in [1.807, 2.05) is 6.92 Å². The first kappa shape index (κ1) is 16.6. The molecule has 0 radical (unpaired) electrons. The van der Waals surface area contributed by atoms with Crippen molar-refractivity contribution in [3.63, 3.8) is 0 Å². The number of quaternary nitrogens is 1. The van der Waals surface area contributed by atoms with E-state index >= 15 is 0 Å². The van der Waals surface area contributed by atoms with Crippen molar-refractivity contribution in [2.45, 2.75) is 57.0 Å². The molecule has 5 nitrogen and oxygen atoms in total. The summed E-state index contributed by atoms with van der Waals surface area (Å²) in [7, 11) is 0. The minimum absolute atomic E-state index is 0.0302. The van der Waals surface area contributed by atoms with Crippen LogP contribution in [0.1, 0.15) is 55.8 Å². The van der Waals surface area contributed by atoms with E-state index in [1.165, 1.54) is 38.5 Å². The highest BCUT2D eigenvalue weighted by molar-refractivity contribution is 5.95. The van der Waals surface area contributed by atoms with Gasteiger partial charge in [0.05, 0.1) is 5.54 Å². The minimum atomic E-state index is -0.457. The van der Waals surface area contributed by atoms with Crippen LogP contribution in [0.2, 0.25) is 0 Å². The number of hydrogen-bond donors (Lipinski definition) is 3. The van der Waals surface area contributed by atoms with Gasteiger partial charge in [0.1, 0.15) is 0 Å². The van der Waals surface area contributed by atoms with Gasteiger partial charge in [-0.15, -0.1) is 0 Å². The molecule has 1 atom stereocenters. The lowest BCUT2D eigenvalue weighted by atomic mass is 9.53. The SMILES string of the molecule is C[C@@H]([NH2+]C12CC3CC(CC(C3)C1)C2)C(=O)Nc1ccc(C(N)=O)cc1. The molecule has 0 heterocycles. The van der Waals surface area contributed by atoms with Crippen LogP contribution in [0.3, 0.4) is 0 Å². The van der Waals surface area contributed by atoms with E-state index in [-0.39, 0.29) is 11.9 Å². The second-order valence-corrected chi connectivity index (χ2v) is 8.67. The van der Waals surface area contributed by atoms with Crippen LogP contribution in [-0.2, 0) is 4.79 Å². The molecule has 1 aromatic rings. The zero-order chi connectivity index (χ0) is 17.6. The van der Waals surface area contributed by atoms with Crippen molar-refractivity contribution in [3.05, 3.63) is 29.8 Å². The summed E-state index contributed by atoms with van der Waals surface area (Å²) in [6, 6.07) is 6.65. The van der Waals surface area contributed by atoms with E-state index in [9.17, 15) is 9.59 Å². The molecule has 0 aromatic heterocycles. The van der Waals surface area contributed by atoms with Gasteiger partial charge < -0.3 is 16.4 Å². The van der Waals surface area contributed by atoms with Crippen LogP contribution in [0.25, 0.3) is 0 Å². The van der Waals surface area contributed by atoms with Crippen LogP contribution in [0.4, 0.5) is 5.69 Å². The summed E-state index contributed by atoms with van der Waals surface area (Å²) < 4.78 is 0. The van der Waals surface area contributed by atoms with Gasteiger partial charge in [-0.1, -0.05) is 0 Å². The fourth-order valence-electron chi connectivity index (χ4n) is 5.96. The Balaban J connectivity index is 1.38. The quantitative estimate of drug-likeness (QED) is 0.759. The summed E-state index contributed by atoms with van der Waals surface area (Å²) in [5.74, 6) is 2.24. The average Bonchev–Trinajstić information content (AvgIpc) is 2.53. The van der Waals surface area contributed by atoms with Crippen LogP contribution in [-0.4, -0.2) is 23.4 Å². The summed E-state index contributed by atoms with van der Waals surface area (Å²) in [5, 5.41) is 5.32. The van der Waals surface area contributed by atoms with E-state index in [4.69, 9.17) is 5.73 Å². The van der Waals surface area contributed by atoms with Gasteiger partial charge in [0, 0.05) is 30.5 Å². The molecule has 2 amide bonds. The van der Waals surface area contributed by atoms with Crippen molar-refractivity contribution in [2.75, 3.05) is 5.32 Å². The topological polar surface area (TPSA) is 88.8 Å². The second-order valence-electron chi connectivity index (χ2n) is 8.67. The molecule has 5 N–H and O–H groups in total. The lowest BCUT2D eigenvalue weighted by Crippen LogP contribution is -3.03. The number of carbonyl (C=O) groups excluding carboxylic acids is 2. The maximum Gasteiger partial charge on any atom is 0.282 e. The molecule has 5 rings (SSSR count). The number of nitrogens with two attached hydrogens (primary N) is 2. The van der Waals surface area contributed by atoms with Crippen molar-refractivity contribution in [3.8, 4) is 0 Å². The van der Waals surface area contributed by atoms with Gasteiger partial charge in [0.25, 0.3) is 5.91 Å². The molecule has 0 saturated heterocycles. The highest BCUT2D eigenvalue weighted by atomic mass is 16.2. The Morgan fingerprint density at radius 2 is 1.60 bits per heavy atom. The maximum atomic E-state index is 12.6. The molecule has 4 saturated carbocycles. The number of anilines is 1. The monoisotopic (exact) mass is 342 g/mol. The Morgan fingerprint density at radius 3 is 2.08 bits per heavy atom. The van der Waals surface area contributed by atoms with Crippen molar-refractivity contribution in [1.29, 1.82) is 0 Å². The fourth-order valence-corrected chi connectivity index (χ4v) is 5.96. The molecule has 0 spiro atoms. The highest BCUT2D eigenvalue weighted by Gasteiger charge is 2.54. The van der Waals surface area contributed by atoms with Gasteiger partial charge in [0.15, 0.2) is 6.04 Å². The van der Waals surface area contributed by atoms with Crippen molar-refractivity contribution < 1.29 is 14.9 Å². The molecule has 0 aliphatic heterocycles. The Labute approximate surface area is 148 Å². The summed E-state index contributed by atoms with van der Waals surface area (Å²) in [6.45, 7) is 2.01. The number of carbonyl (C=O) groups is 2. The molecular weight excluding hydrogens is 314 g/mol. The van der Waals surface area contributed by atoms with Crippen LogP contribution in [0.5, 0.6) is 0 Å². The van der Waals surface area contributed by atoms with Gasteiger partial charge >= 0.3 is 0 Å². The van der Waals surface area contributed by atoms with Gasteiger partial charge in [-0.05, 0) is 68.2 Å². The normalized spacial score (nSPS) is 33.9. The van der Waals surface area contributed by atoms with E-state index < -0.39 is 5.91 Å². The third kappa shape index (κ3) is 3.30. The first-order chi connectivity index (χ1) is 11.9. The summed E-state index contributed by atoms with van der Waals surface area (Å²) >= 11 is 0. The van der Waals surface area contributed by atoms with Crippen molar-refractivity contribution in [1.82, 2.24) is 0 Å². The van der Waals surface area contributed by atoms with Crippen molar-refractivity contribution in [2.24, 2.45) is 23.5 Å². The molecule has 25 heavy (non-hydrogen) atoms. The standard InChI is InChI=1S/C20H27N3O2/c1-12(19(25)22-17-4-2-16(3-5-17)18(21)24)23-20-9-13-6-14(10-20)8-15(7-13)11-20/h2-5,12-15,23H,6-11H2,1H3,(H2,21,24)(H,22,25)/p+1/t12-,13?,14?,15?,20?/m1/s1. The molecule has 4 aliphatic rings. The Hall–Kier alpha value is -1.88. The zero-order valence-electron chi connectivity index (χ0n) is 14.8. The predicted octanol–water partition coefficient (Wildman–Crippen LogP) is 1.64. The largest absolute Gasteiger partial charge is 0.366 e. The zero-order valence-corrected chi connectivity index (χ0v) is 14.8. The first-order valence-electron chi connectivity index (χ1n) is 9.49. The number of amides is 2. The molecule has 4 fully saturated rings. The highest BCUT2D eigenvalue weighted by Crippen LogP contribution is 2.54. The molecule has 5 heteroatoms. The fraction of sp³-hybridized carbons (Fsp3) is 0.600. The summed E-state index contributed by atoms with van der Waals surface area (Å²) in [4.78, 5) is 23.7. The Morgan fingerprint density at radius 1 is 1.08 bits per heavy atom. The van der Waals surface area contributed by atoms with E-state index in [1.54, 1.807) is 24.3 Å². The van der Waals surface area contributed by atoms with Crippen molar-refractivity contribution >= 4 is 17.5 Å². The Bertz CT molecular complexity index is 647. The number of primary amides is 1. The van der Waals surface area contributed by atoms with Crippen LogP contribution in [0, 0.1) is 17.8 Å². The van der Waals surface area contributed by atoms with Gasteiger partial charge in [-0.3, -0.25) is 9.59 Å². The third-order valence-electron chi connectivity index (χ3n) is 6.54. The van der Waals surface area contributed by atoms with Crippen LogP contribution >= 0.6 is 0 Å². The van der Waals surface area contributed by atoms with Crippen LogP contribution < -0.4 is 16.4 Å². The molecule has 0 unspecified atom stereocenters. The number of benzene rings is 1.